The lowest BCUT2D eigenvalue weighted by Gasteiger charge is -2.23. The Morgan fingerprint density at radius 2 is 2.41 bits per heavy atom. The van der Waals surface area contributed by atoms with Gasteiger partial charge in [-0.2, -0.15) is 0 Å². The number of carbonyl (C=O) groups excluding carboxylic acids is 1. The van der Waals surface area contributed by atoms with E-state index in [0.717, 1.165) is 24.1 Å². The molecule has 4 heteroatoms. The number of nitrogens with one attached hydrogen (secondary N) is 1. The molecule has 0 heterocycles. The van der Waals surface area contributed by atoms with Gasteiger partial charge in [0.15, 0.2) is 0 Å². The topological polar surface area (TPSA) is 58.6 Å². The van der Waals surface area contributed by atoms with E-state index < -0.39 is 6.09 Å². The summed E-state index contributed by atoms with van der Waals surface area (Å²) in [5.74, 6) is 0. The first-order valence-electron chi connectivity index (χ1n) is 5.93. The molecule has 2 rings (SSSR count). The van der Waals surface area contributed by atoms with Gasteiger partial charge in [0, 0.05) is 12.1 Å². The zero-order chi connectivity index (χ0) is 12.3. The van der Waals surface area contributed by atoms with E-state index in [0.29, 0.717) is 13.0 Å². The van der Waals surface area contributed by atoms with Crippen molar-refractivity contribution < 1.29 is 14.6 Å². The van der Waals surface area contributed by atoms with Gasteiger partial charge >= 0.3 is 6.09 Å². The molecule has 92 valence electrons. The second-order valence-electron chi connectivity index (χ2n) is 4.19. The van der Waals surface area contributed by atoms with E-state index in [1.807, 2.05) is 18.2 Å². The smallest absolute Gasteiger partial charge is 0.411 e. The number of hydrogen-bond donors (Lipinski definition) is 2. The maximum Gasteiger partial charge on any atom is 0.411 e. The van der Waals surface area contributed by atoms with E-state index in [9.17, 15) is 9.90 Å². The van der Waals surface area contributed by atoms with Crippen LogP contribution in [-0.2, 0) is 17.6 Å². The SMILES string of the molecule is CCOC(=O)Nc1cccc2c1C[C@H](O)CC2. The average Bonchev–Trinajstić information content (AvgIpc) is 2.30. The fraction of sp³-hybridized carbons (Fsp3) is 0.462. The molecule has 2 N–H and O–H groups in total. The molecular weight excluding hydrogens is 218 g/mol. The molecule has 0 spiro atoms. The summed E-state index contributed by atoms with van der Waals surface area (Å²) in [5, 5.41) is 12.4. The van der Waals surface area contributed by atoms with Crippen molar-refractivity contribution in [2.45, 2.75) is 32.3 Å². The van der Waals surface area contributed by atoms with Crippen LogP contribution >= 0.6 is 0 Å². The minimum Gasteiger partial charge on any atom is -0.450 e. The van der Waals surface area contributed by atoms with Gasteiger partial charge in [0.05, 0.1) is 12.7 Å². The van der Waals surface area contributed by atoms with Crippen LogP contribution in [-0.4, -0.2) is 23.9 Å². The van der Waals surface area contributed by atoms with E-state index >= 15 is 0 Å². The Balaban J connectivity index is 2.20. The van der Waals surface area contributed by atoms with Gasteiger partial charge in [-0.25, -0.2) is 4.79 Å². The first-order valence-corrected chi connectivity index (χ1v) is 5.93. The molecule has 0 unspecified atom stereocenters. The Hall–Kier alpha value is -1.55. The third-order valence-electron chi connectivity index (χ3n) is 2.97. The van der Waals surface area contributed by atoms with Gasteiger partial charge in [0.25, 0.3) is 0 Å². The van der Waals surface area contributed by atoms with Crippen LogP contribution in [0.4, 0.5) is 10.5 Å². The van der Waals surface area contributed by atoms with Crippen LogP contribution in [0.5, 0.6) is 0 Å². The van der Waals surface area contributed by atoms with Gasteiger partial charge in [-0.05, 0) is 37.0 Å². The number of aryl methyl sites for hydroxylation is 1. The van der Waals surface area contributed by atoms with E-state index in [1.165, 1.54) is 5.56 Å². The number of ether oxygens (including phenoxy) is 1. The van der Waals surface area contributed by atoms with E-state index in [2.05, 4.69) is 5.32 Å². The molecule has 1 amide bonds. The minimum absolute atomic E-state index is 0.312. The summed E-state index contributed by atoms with van der Waals surface area (Å²) >= 11 is 0. The molecule has 1 aliphatic rings. The highest BCUT2D eigenvalue weighted by Gasteiger charge is 2.19. The molecule has 1 aromatic rings. The first-order chi connectivity index (χ1) is 8.20. The largest absolute Gasteiger partial charge is 0.450 e. The van der Waals surface area contributed by atoms with Crippen molar-refractivity contribution in [2.75, 3.05) is 11.9 Å². The van der Waals surface area contributed by atoms with Crippen LogP contribution in [0.25, 0.3) is 0 Å². The summed E-state index contributed by atoms with van der Waals surface area (Å²) in [6.07, 6.45) is 1.48. The number of benzene rings is 1. The van der Waals surface area contributed by atoms with Gasteiger partial charge in [-0.3, -0.25) is 5.32 Å². The second kappa shape index (κ2) is 5.19. The van der Waals surface area contributed by atoms with Crippen molar-refractivity contribution in [3.8, 4) is 0 Å². The fourth-order valence-electron chi connectivity index (χ4n) is 2.16. The third-order valence-corrected chi connectivity index (χ3v) is 2.97. The predicted octanol–water partition coefficient (Wildman–Crippen LogP) is 2.10. The maximum absolute atomic E-state index is 11.4. The van der Waals surface area contributed by atoms with Crippen molar-refractivity contribution in [2.24, 2.45) is 0 Å². The fourth-order valence-corrected chi connectivity index (χ4v) is 2.16. The number of aliphatic hydroxyl groups is 1. The van der Waals surface area contributed by atoms with Crippen LogP contribution in [0.1, 0.15) is 24.5 Å². The number of amides is 1. The standard InChI is InChI=1S/C13H17NO3/c1-2-17-13(16)14-12-5-3-4-9-6-7-10(15)8-11(9)12/h3-5,10,15H,2,6-8H2,1H3,(H,14,16)/t10-/m1/s1. The van der Waals surface area contributed by atoms with Crippen molar-refractivity contribution in [3.63, 3.8) is 0 Å². The maximum atomic E-state index is 11.4. The van der Waals surface area contributed by atoms with Crippen molar-refractivity contribution in [1.82, 2.24) is 0 Å². The average molecular weight is 235 g/mol. The zero-order valence-corrected chi connectivity index (χ0v) is 9.90. The summed E-state index contributed by atoms with van der Waals surface area (Å²) < 4.78 is 4.85. The Labute approximate surface area is 101 Å². The molecule has 0 radical (unpaired) electrons. The first kappa shape index (κ1) is 11.9. The van der Waals surface area contributed by atoms with Gasteiger partial charge in [0.2, 0.25) is 0 Å². The molecular formula is C13H17NO3. The molecule has 0 saturated heterocycles. The Kier molecular flexibility index (Phi) is 3.64. The summed E-state index contributed by atoms with van der Waals surface area (Å²) in [6, 6.07) is 5.80. The lowest BCUT2D eigenvalue weighted by Crippen LogP contribution is -2.22. The number of fused-ring (bicyclic) bond motifs is 1. The van der Waals surface area contributed by atoms with Crippen LogP contribution in [0.3, 0.4) is 0 Å². The number of rotatable bonds is 2. The molecule has 17 heavy (non-hydrogen) atoms. The quantitative estimate of drug-likeness (QED) is 0.825. The summed E-state index contributed by atoms with van der Waals surface area (Å²) in [4.78, 5) is 11.4. The van der Waals surface area contributed by atoms with E-state index in [4.69, 9.17) is 4.74 Å². The highest BCUT2D eigenvalue weighted by molar-refractivity contribution is 5.86. The minimum atomic E-state index is -0.444. The summed E-state index contributed by atoms with van der Waals surface area (Å²) in [5.41, 5.74) is 2.98. The van der Waals surface area contributed by atoms with Crippen molar-refractivity contribution in [3.05, 3.63) is 29.3 Å². The van der Waals surface area contributed by atoms with Gasteiger partial charge in [0.1, 0.15) is 0 Å². The molecule has 1 aromatic carbocycles. The van der Waals surface area contributed by atoms with E-state index in [1.54, 1.807) is 6.92 Å². The van der Waals surface area contributed by atoms with E-state index in [-0.39, 0.29) is 6.10 Å². The molecule has 0 saturated carbocycles. The second-order valence-corrected chi connectivity index (χ2v) is 4.19. The molecule has 1 atom stereocenters. The number of carbonyl (C=O) groups is 1. The Morgan fingerprint density at radius 3 is 3.18 bits per heavy atom. The molecule has 4 nitrogen and oxygen atoms in total. The number of aliphatic hydroxyl groups excluding tert-OH is 1. The lowest BCUT2D eigenvalue weighted by atomic mass is 9.88. The third kappa shape index (κ3) is 2.77. The van der Waals surface area contributed by atoms with Crippen molar-refractivity contribution in [1.29, 1.82) is 0 Å². The Bertz CT molecular complexity index is 417. The Morgan fingerprint density at radius 1 is 1.59 bits per heavy atom. The summed E-state index contributed by atoms with van der Waals surface area (Å²) in [7, 11) is 0. The molecule has 0 fully saturated rings. The van der Waals surface area contributed by atoms with Crippen LogP contribution in [0.2, 0.25) is 0 Å². The van der Waals surface area contributed by atoms with Crippen LogP contribution in [0, 0.1) is 0 Å². The van der Waals surface area contributed by atoms with Crippen LogP contribution < -0.4 is 5.32 Å². The van der Waals surface area contributed by atoms with Gasteiger partial charge in [-0.1, -0.05) is 12.1 Å². The molecule has 1 aliphatic carbocycles. The lowest BCUT2D eigenvalue weighted by molar-refractivity contribution is 0.158. The molecule has 0 aromatic heterocycles. The summed E-state index contributed by atoms with van der Waals surface area (Å²) in [6.45, 7) is 2.12. The van der Waals surface area contributed by atoms with Crippen LogP contribution in [0.15, 0.2) is 18.2 Å². The normalized spacial score (nSPS) is 18.4. The van der Waals surface area contributed by atoms with Crippen molar-refractivity contribution >= 4 is 11.8 Å². The zero-order valence-electron chi connectivity index (χ0n) is 9.90. The highest BCUT2D eigenvalue weighted by Crippen LogP contribution is 2.28. The molecule has 0 bridgehead atoms. The highest BCUT2D eigenvalue weighted by atomic mass is 16.5. The number of anilines is 1. The molecule has 0 aliphatic heterocycles. The predicted molar refractivity (Wildman–Crippen MR) is 65.1 cm³/mol. The van der Waals surface area contributed by atoms with Gasteiger partial charge in [-0.15, -0.1) is 0 Å². The van der Waals surface area contributed by atoms with Gasteiger partial charge < -0.3 is 9.84 Å². The number of hydrogen-bond acceptors (Lipinski definition) is 3. The monoisotopic (exact) mass is 235 g/mol.